The first-order chi connectivity index (χ1) is 10.5. The minimum Gasteiger partial charge on any atom is -0.475 e. The molecule has 0 spiro atoms. The first-order valence-corrected chi connectivity index (χ1v) is 7.17. The number of carboxylic acid groups (broad SMARTS) is 1. The normalized spacial score (nSPS) is 23.6. The van der Waals surface area contributed by atoms with E-state index in [-0.39, 0.29) is 28.9 Å². The van der Waals surface area contributed by atoms with Crippen molar-refractivity contribution < 1.29 is 19.1 Å². The highest BCUT2D eigenvalue weighted by molar-refractivity contribution is 5.93. The fraction of sp³-hybridized carbons (Fsp3) is 0.294. The summed E-state index contributed by atoms with van der Waals surface area (Å²) in [6.07, 6.45) is 1.71. The van der Waals surface area contributed by atoms with Crippen LogP contribution in [0.1, 0.15) is 46.4 Å². The molecule has 0 aliphatic heterocycles. The molecule has 1 aliphatic carbocycles. The summed E-state index contributed by atoms with van der Waals surface area (Å²) in [7, 11) is 0. The molecule has 1 fully saturated rings. The van der Waals surface area contributed by atoms with Gasteiger partial charge in [-0.25, -0.2) is 4.79 Å². The van der Waals surface area contributed by atoms with E-state index in [0.29, 0.717) is 0 Å². The second-order valence-electron chi connectivity index (χ2n) is 5.97. The van der Waals surface area contributed by atoms with Gasteiger partial charge in [-0.05, 0) is 36.0 Å². The Hall–Kier alpha value is -2.56. The third kappa shape index (κ3) is 2.62. The average Bonchev–Trinajstić information content (AvgIpc) is 2.96. The fourth-order valence-corrected chi connectivity index (χ4v) is 3.04. The van der Waals surface area contributed by atoms with E-state index in [1.165, 1.54) is 17.7 Å². The van der Waals surface area contributed by atoms with Crippen LogP contribution in [0, 0.1) is 0 Å². The fourth-order valence-electron chi connectivity index (χ4n) is 3.04. The van der Waals surface area contributed by atoms with E-state index in [1.807, 2.05) is 18.2 Å². The van der Waals surface area contributed by atoms with Crippen LogP contribution in [0.4, 0.5) is 0 Å². The van der Waals surface area contributed by atoms with Crippen molar-refractivity contribution in [1.82, 2.24) is 5.32 Å². The van der Waals surface area contributed by atoms with Crippen molar-refractivity contribution in [3.8, 4) is 0 Å². The number of hydrogen-bond acceptors (Lipinski definition) is 3. The summed E-state index contributed by atoms with van der Waals surface area (Å²) in [5.74, 6) is -1.74. The van der Waals surface area contributed by atoms with Crippen LogP contribution in [-0.2, 0) is 5.41 Å². The molecule has 2 aromatic rings. The maximum atomic E-state index is 12.0. The van der Waals surface area contributed by atoms with Gasteiger partial charge in [0.15, 0.2) is 5.76 Å². The van der Waals surface area contributed by atoms with Gasteiger partial charge in [0.25, 0.3) is 5.91 Å². The monoisotopic (exact) mass is 299 g/mol. The Morgan fingerprint density at radius 1 is 1.14 bits per heavy atom. The van der Waals surface area contributed by atoms with Gasteiger partial charge in [0.2, 0.25) is 5.76 Å². The first-order valence-electron chi connectivity index (χ1n) is 7.17. The van der Waals surface area contributed by atoms with Crippen LogP contribution in [0.25, 0.3) is 0 Å². The summed E-state index contributed by atoms with van der Waals surface area (Å²) in [5, 5.41) is 11.7. The number of carbonyl (C=O) groups excluding carboxylic acids is 1. The highest BCUT2D eigenvalue weighted by Crippen LogP contribution is 2.43. The Balaban J connectivity index is 1.59. The zero-order valence-electron chi connectivity index (χ0n) is 12.2. The zero-order chi connectivity index (χ0) is 15.7. The maximum Gasteiger partial charge on any atom is 0.371 e. The lowest BCUT2D eigenvalue weighted by molar-refractivity contribution is 0.0658. The van der Waals surface area contributed by atoms with Crippen molar-refractivity contribution in [3.63, 3.8) is 0 Å². The van der Waals surface area contributed by atoms with Gasteiger partial charge < -0.3 is 14.8 Å². The van der Waals surface area contributed by atoms with Gasteiger partial charge in [0.1, 0.15) is 0 Å². The Bertz CT molecular complexity index is 698. The largest absolute Gasteiger partial charge is 0.475 e. The minimum absolute atomic E-state index is 0.0331. The molecule has 1 aromatic heterocycles. The van der Waals surface area contributed by atoms with E-state index in [0.717, 1.165) is 12.8 Å². The molecule has 0 atom stereocenters. The van der Waals surface area contributed by atoms with E-state index in [1.54, 1.807) is 0 Å². The summed E-state index contributed by atoms with van der Waals surface area (Å²) in [6, 6.07) is 13.0. The standard InChI is InChI=1S/C17H17NO4/c1-17(11-5-3-2-4-6-11)9-12(10-17)18-15(19)13-7-8-14(22-13)16(20)21/h2-8,12H,9-10H2,1H3,(H,18,19)(H,20,21). The quantitative estimate of drug-likeness (QED) is 0.909. The molecule has 114 valence electrons. The molecule has 2 N–H and O–H groups in total. The Morgan fingerprint density at radius 3 is 2.36 bits per heavy atom. The summed E-state index contributed by atoms with van der Waals surface area (Å²) >= 11 is 0. The van der Waals surface area contributed by atoms with Crippen molar-refractivity contribution in [2.24, 2.45) is 0 Å². The minimum atomic E-state index is -1.18. The van der Waals surface area contributed by atoms with Gasteiger partial charge >= 0.3 is 5.97 Å². The van der Waals surface area contributed by atoms with Gasteiger partial charge in [-0.15, -0.1) is 0 Å². The molecule has 1 heterocycles. The van der Waals surface area contributed by atoms with Crippen molar-refractivity contribution >= 4 is 11.9 Å². The van der Waals surface area contributed by atoms with E-state index >= 15 is 0 Å². The first kappa shape index (κ1) is 14.4. The average molecular weight is 299 g/mol. The topological polar surface area (TPSA) is 79.5 Å². The van der Waals surface area contributed by atoms with Crippen LogP contribution >= 0.6 is 0 Å². The number of benzene rings is 1. The second kappa shape index (κ2) is 5.33. The van der Waals surface area contributed by atoms with Crippen molar-refractivity contribution in [2.75, 3.05) is 0 Å². The third-order valence-electron chi connectivity index (χ3n) is 4.24. The van der Waals surface area contributed by atoms with E-state index < -0.39 is 5.97 Å². The number of aromatic carboxylic acids is 1. The molecule has 1 saturated carbocycles. The van der Waals surface area contributed by atoms with Crippen LogP contribution in [0.2, 0.25) is 0 Å². The van der Waals surface area contributed by atoms with Crippen molar-refractivity contribution in [2.45, 2.75) is 31.2 Å². The van der Waals surface area contributed by atoms with Gasteiger partial charge in [-0.3, -0.25) is 4.79 Å². The summed E-state index contributed by atoms with van der Waals surface area (Å²) in [6.45, 7) is 2.18. The molecule has 0 bridgehead atoms. The van der Waals surface area contributed by atoms with E-state index in [2.05, 4.69) is 24.4 Å². The number of hydrogen-bond donors (Lipinski definition) is 2. The van der Waals surface area contributed by atoms with Crippen LogP contribution in [0.5, 0.6) is 0 Å². The molecular weight excluding hydrogens is 282 g/mol. The molecule has 1 amide bonds. The highest BCUT2D eigenvalue weighted by Gasteiger charge is 2.42. The Kier molecular flexibility index (Phi) is 3.48. The van der Waals surface area contributed by atoms with E-state index in [4.69, 9.17) is 9.52 Å². The van der Waals surface area contributed by atoms with Crippen LogP contribution in [0.15, 0.2) is 46.9 Å². The third-order valence-corrected chi connectivity index (χ3v) is 4.24. The van der Waals surface area contributed by atoms with E-state index in [9.17, 15) is 9.59 Å². The predicted molar refractivity (Wildman–Crippen MR) is 79.9 cm³/mol. The number of carbonyl (C=O) groups is 2. The van der Waals surface area contributed by atoms with Gasteiger partial charge in [0.05, 0.1) is 0 Å². The molecular formula is C17H17NO4. The van der Waals surface area contributed by atoms with Crippen LogP contribution in [-0.4, -0.2) is 23.0 Å². The lowest BCUT2D eigenvalue weighted by Gasteiger charge is -2.45. The van der Waals surface area contributed by atoms with Crippen LogP contribution < -0.4 is 5.32 Å². The lowest BCUT2D eigenvalue weighted by atomic mass is 9.63. The Labute approximate surface area is 127 Å². The number of furan rings is 1. The molecule has 0 unspecified atom stereocenters. The molecule has 1 aliphatic rings. The molecule has 3 rings (SSSR count). The van der Waals surface area contributed by atoms with Crippen LogP contribution in [0.3, 0.4) is 0 Å². The SMILES string of the molecule is CC1(c2ccccc2)CC(NC(=O)c2ccc(C(=O)O)o2)C1. The summed E-state index contributed by atoms with van der Waals surface area (Å²) in [5.41, 5.74) is 1.35. The Morgan fingerprint density at radius 2 is 1.77 bits per heavy atom. The predicted octanol–water partition coefficient (Wildman–Crippen LogP) is 2.83. The van der Waals surface area contributed by atoms with Gasteiger partial charge in [0, 0.05) is 6.04 Å². The molecule has 5 heteroatoms. The molecule has 5 nitrogen and oxygen atoms in total. The molecule has 22 heavy (non-hydrogen) atoms. The maximum absolute atomic E-state index is 12.0. The van der Waals surface area contributed by atoms with Gasteiger partial charge in [-0.2, -0.15) is 0 Å². The van der Waals surface area contributed by atoms with Crippen molar-refractivity contribution in [3.05, 3.63) is 59.5 Å². The number of carboxylic acids is 1. The smallest absolute Gasteiger partial charge is 0.371 e. The molecule has 0 radical (unpaired) electrons. The number of amides is 1. The second-order valence-corrected chi connectivity index (χ2v) is 5.97. The summed E-state index contributed by atoms with van der Waals surface area (Å²) < 4.78 is 5.00. The zero-order valence-corrected chi connectivity index (χ0v) is 12.2. The summed E-state index contributed by atoms with van der Waals surface area (Å²) in [4.78, 5) is 22.8. The highest BCUT2D eigenvalue weighted by atomic mass is 16.4. The number of nitrogens with one attached hydrogen (secondary N) is 1. The van der Waals surface area contributed by atoms with Gasteiger partial charge in [-0.1, -0.05) is 37.3 Å². The molecule has 0 saturated heterocycles. The number of rotatable bonds is 4. The lowest BCUT2D eigenvalue weighted by Crippen LogP contribution is -2.51. The molecule has 1 aromatic carbocycles. The van der Waals surface area contributed by atoms with Crippen molar-refractivity contribution in [1.29, 1.82) is 0 Å².